The third-order valence-corrected chi connectivity index (χ3v) is 9.48. The molecule has 1 heterocycles. The first-order chi connectivity index (χ1) is 20.1. The molecule has 8 rings (SSSR count). The Morgan fingerprint density at radius 1 is 0.537 bits per heavy atom. The molecule has 3 heteroatoms. The van der Waals surface area contributed by atoms with Crippen LogP contribution in [0.5, 0.6) is 0 Å². The number of ether oxygens (including phenoxy) is 1. The molecular formula is C38H26O3. The molecule has 3 atom stereocenters. The van der Waals surface area contributed by atoms with Crippen LogP contribution < -0.4 is 0 Å². The van der Waals surface area contributed by atoms with Gasteiger partial charge in [0, 0.05) is 33.2 Å². The molecule has 0 saturated carbocycles. The van der Waals surface area contributed by atoms with Crippen LogP contribution in [-0.4, -0.2) is 11.6 Å². The fraction of sp³-hybridized carbons (Fsp3) is 0.105. The monoisotopic (exact) mass is 530 g/mol. The third-order valence-electron chi connectivity index (χ3n) is 9.48. The highest BCUT2D eigenvalue weighted by Gasteiger charge is 2.84. The second kappa shape index (κ2) is 8.25. The van der Waals surface area contributed by atoms with E-state index in [1.807, 2.05) is 121 Å². The second-order valence-electron chi connectivity index (χ2n) is 11.2. The summed E-state index contributed by atoms with van der Waals surface area (Å²) < 4.78 is 7.21. The fourth-order valence-electron chi connectivity index (χ4n) is 7.95. The van der Waals surface area contributed by atoms with Gasteiger partial charge in [-0.3, -0.25) is 9.59 Å². The van der Waals surface area contributed by atoms with Crippen molar-refractivity contribution in [3.8, 4) is 0 Å². The predicted octanol–water partition coefficient (Wildman–Crippen LogP) is 7.87. The maximum atomic E-state index is 15.5. The van der Waals surface area contributed by atoms with Crippen LogP contribution in [-0.2, 0) is 15.8 Å². The molecular weight excluding hydrogens is 504 g/mol. The van der Waals surface area contributed by atoms with Gasteiger partial charge in [-0.05, 0) is 23.6 Å². The van der Waals surface area contributed by atoms with Crippen LogP contribution in [0.4, 0.5) is 0 Å². The number of carbonyl (C=O) groups is 2. The molecule has 0 saturated heterocycles. The summed E-state index contributed by atoms with van der Waals surface area (Å²) in [5.74, 6) is 0.262. The zero-order valence-corrected chi connectivity index (χ0v) is 22.5. The van der Waals surface area contributed by atoms with Crippen LogP contribution in [0.2, 0.25) is 0 Å². The van der Waals surface area contributed by atoms with Gasteiger partial charge in [-0.25, -0.2) is 0 Å². The number of carbonyl (C=O) groups excluding carboxylic acids is 2. The van der Waals surface area contributed by atoms with Crippen LogP contribution >= 0.6 is 0 Å². The van der Waals surface area contributed by atoms with Crippen molar-refractivity contribution in [1.82, 2.24) is 0 Å². The summed E-state index contributed by atoms with van der Waals surface area (Å²) in [6.07, 6.45) is 0. The van der Waals surface area contributed by atoms with Crippen LogP contribution in [0.25, 0.3) is 11.3 Å². The molecule has 0 amide bonds. The van der Waals surface area contributed by atoms with E-state index in [-0.39, 0.29) is 11.6 Å². The molecule has 0 fully saturated rings. The van der Waals surface area contributed by atoms with E-state index in [1.165, 1.54) is 0 Å². The first kappa shape index (κ1) is 23.8. The van der Waals surface area contributed by atoms with Crippen molar-refractivity contribution in [2.24, 2.45) is 5.41 Å². The first-order valence-corrected chi connectivity index (χ1v) is 14.0. The summed E-state index contributed by atoms with van der Waals surface area (Å²) in [6, 6.07) is 44.7. The lowest BCUT2D eigenvalue weighted by molar-refractivity contribution is -0.0130. The van der Waals surface area contributed by atoms with Crippen LogP contribution in [0.3, 0.4) is 0 Å². The molecule has 3 unspecified atom stereocenters. The number of hydrogen-bond acceptors (Lipinski definition) is 3. The van der Waals surface area contributed by atoms with E-state index in [9.17, 15) is 0 Å². The number of ketones is 2. The average molecular weight is 531 g/mol. The first-order valence-electron chi connectivity index (χ1n) is 14.0. The molecule has 0 N–H and O–H groups in total. The molecule has 5 aromatic rings. The number of hydrogen-bond donors (Lipinski definition) is 0. The molecule has 0 aromatic heterocycles. The molecule has 3 nitrogen and oxygen atoms in total. The molecule has 196 valence electrons. The normalized spacial score (nSPS) is 24.8. The Bertz CT molecular complexity index is 1910. The van der Waals surface area contributed by atoms with E-state index in [4.69, 9.17) is 4.74 Å². The second-order valence-corrected chi connectivity index (χ2v) is 11.2. The summed E-state index contributed by atoms with van der Waals surface area (Å²) in [4.78, 5) is 30.7. The lowest BCUT2D eigenvalue weighted by Gasteiger charge is -2.44. The van der Waals surface area contributed by atoms with Gasteiger partial charge in [-0.2, -0.15) is 0 Å². The summed E-state index contributed by atoms with van der Waals surface area (Å²) in [6.45, 7) is 2.13. The van der Waals surface area contributed by atoms with E-state index in [0.29, 0.717) is 16.9 Å². The van der Waals surface area contributed by atoms with Gasteiger partial charge < -0.3 is 4.74 Å². The molecule has 0 radical (unpaired) electrons. The van der Waals surface area contributed by atoms with E-state index < -0.39 is 16.4 Å². The van der Waals surface area contributed by atoms with Crippen molar-refractivity contribution in [3.05, 3.63) is 178 Å². The van der Waals surface area contributed by atoms with Crippen LogP contribution in [0.1, 0.15) is 55.5 Å². The zero-order valence-electron chi connectivity index (χ0n) is 22.5. The Balaban J connectivity index is 1.60. The summed E-state index contributed by atoms with van der Waals surface area (Å²) in [5, 5.41) is 0. The minimum Gasteiger partial charge on any atom is -0.472 e. The number of fused-ring (bicyclic) bond motifs is 6. The van der Waals surface area contributed by atoms with Crippen molar-refractivity contribution in [1.29, 1.82) is 0 Å². The van der Waals surface area contributed by atoms with Crippen molar-refractivity contribution >= 4 is 22.9 Å². The minimum absolute atomic E-state index is 0.113. The third kappa shape index (κ3) is 2.64. The number of benzene rings is 5. The van der Waals surface area contributed by atoms with Gasteiger partial charge >= 0.3 is 0 Å². The van der Waals surface area contributed by atoms with E-state index in [1.54, 1.807) is 0 Å². The Labute approximate surface area is 238 Å². The Morgan fingerprint density at radius 3 is 1.66 bits per heavy atom. The molecule has 0 spiro atoms. The lowest BCUT2D eigenvalue weighted by Crippen LogP contribution is -2.57. The maximum Gasteiger partial charge on any atom is 0.215 e. The van der Waals surface area contributed by atoms with E-state index in [2.05, 4.69) is 25.1 Å². The highest BCUT2D eigenvalue weighted by atomic mass is 16.5. The molecule has 41 heavy (non-hydrogen) atoms. The van der Waals surface area contributed by atoms with E-state index >= 15 is 9.59 Å². The predicted molar refractivity (Wildman–Crippen MR) is 159 cm³/mol. The van der Waals surface area contributed by atoms with Gasteiger partial charge in [0.15, 0.2) is 5.78 Å². The smallest absolute Gasteiger partial charge is 0.215 e. The van der Waals surface area contributed by atoms with Gasteiger partial charge in [0.2, 0.25) is 11.4 Å². The van der Waals surface area contributed by atoms with Gasteiger partial charge in [0.1, 0.15) is 11.2 Å². The SMILES string of the molecule is CC12c3ccccc3C3=C(c4ccccc4)OC(C(=O)c4ccccc4)(c4ccccc41)C32C(=O)c1ccccc1. The number of rotatable bonds is 5. The molecule has 0 bridgehead atoms. The highest BCUT2D eigenvalue weighted by molar-refractivity contribution is 6.25. The average Bonchev–Trinajstić information content (AvgIpc) is 3.58. The van der Waals surface area contributed by atoms with Gasteiger partial charge in [-0.1, -0.05) is 140 Å². The summed E-state index contributed by atoms with van der Waals surface area (Å²) in [5.41, 5.74) is 2.51. The standard InChI is InChI=1S/C38H26O3/c1-36-29-22-12-11-21-28(29)32-33(25-15-5-2-6-16-25)41-38(31-24-14-13-23-30(31)36,35(40)27-19-9-4-10-20-27)37(32,36)34(39)26-17-7-3-8-18-26/h2-24H,1H3. The molecule has 5 aromatic carbocycles. The van der Waals surface area contributed by atoms with E-state index in [0.717, 1.165) is 33.4 Å². The number of Topliss-reactive ketones (excluding diaryl/α,β-unsaturated/α-hetero) is 2. The van der Waals surface area contributed by atoms with Crippen molar-refractivity contribution in [2.45, 2.75) is 17.9 Å². The van der Waals surface area contributed by atoms with Crippen LogP contribution in [0.15, 0.2) is 140 Å². The molecule has 2 aliphatic carbocycles. The van der Waals surface area contributed by atoms with Crippen molar-refractivity contribution in [2.75, 3.05) is 0 Å². The maximum absolute atomic E-state index is 15.5. The Hall–Kier alpha value is -5.02. The fourth-order valence-corrected chi connectivity index (χ4v) is 7.95. The Kier molecular flexibility index (Phi) is 4.79. The largest absolute Gasteiger partial charge is 0.472 e. The summed E-state index contributed by atoms with van der Waals surface area (Å²) >= 11 is 0. The Morgan fingerprint density at radius 2 is 1.02 bits per heavy atom. The van der Waals surface area contributed by atoms with Crippen molar-refractivity contribution in [3.63, 3.8) is 0 Å². The van der Waals surface area contributed by atoms with Gasteiger partial charge in [0.05, 0.1) is 0 Å². The molecule has 3 aliphatic rings. The minimum atomic E-state index is -1.62. The quantitative estimate of drug-likeness (QED) is 0.217. The van der Waals surface area contributed by atoms with Gasteiger partial charge in [0.25, 0.3) is 0 Å². The topological polar surface area (TPSA) is 43.4 Å². The zero-order chi connectivity index (χ0) is 27.8. The van der Waals surface area contributed by atoms with Gasteiger partial charge in [-0.15, -0.1) is 0 Å². The van der Waals surface area contributed by atoms with Crippen molar-refractivity contribution < 1.29 is 14.3 Å². The highest BCUT2D eigenvalue weighted by Crippen LogP contribution is 2.79. The lowest BCUT2D eigenvalue weighted by atomic mass is 9.54. The summed E-state index contributed by atoms with van der Waals surface area (Å²) in [7, 11) is 0. The molecule has 1 aliphatic heterocycles. The van der Waals surface area contributed by atoms with Crippen LogP contribution in [0, 0.1) is 5.41 Å².